The van der Waals surface area contributed by atoms with Gasteiger partial charge in [-0.3, -0.25) is 4.79 Å². The summed E-state index contributed by atoms with van der Waals surface area (Å²) in [6, 6.07) is 5.37. The molecule has 0 aliphatic heterocycles. The van der Waals surface area contributed by atoms with Crippen molar-refractivity contribution >= 4 is 56.4 Å². The Morgan fingerprint density at radius 1 is 1.48 bits per heavy atom. The first-order valence-electron chi connectivity index (χ1n) is 5.96. The number of carbonyl (C=O) groups excluding carboxylic acids is 1. The molecule has 7 heteroatoms. The summed E-state index contributed by atoms with van der Waals surface area (Å²) in [6.07, 6.45) is 3.22. The molecular weight excluding hydrogens is 395 g/mol. The Hall–Kier alpha value is -0.880. The van der Waals surface area contributed by atoms with E-state index in [9.17, 15) is 4.79 Å². The van der Waals surface area contributed by atoms with Gasteiger partial charge in [-0.15, -0.1) is 17.9 Å². The number of aromatic nitrogens is 1. The van der Waals surface area contributed by atoms with Crippen molar-refractivity contribution in [3.8, 4) is 0 Å². The van der Waals surface area contributed by atoms with Crippen LogP contribution in [0.3, 0.4) is 0 Å². The highest BCUT2D eigenvalue weighted by Crippen LogP contribution is 2.25. The highest BCUT2D eigenvalue weighted by atomic mass is 79.9. The monoisotopic (exact) mass is 404 g/mol. The summed E-state index contributed by atoms with van der Waals surface area (Å²) in [7, 11) is 0. The smallest absolute Gasteiger partial charge is 0.257 e. The van der Waals surface area contributed by atoms with E-state index >= 15 is 0 Å². The molecule has 1 amide bonds. The lowest BCUT2D eigenvalue weighted by Gasteiger charge is -2.21. The van der Waals surface area contributed by atoms with Gasteiger partial charge in [0.15, 0.2) is 0 Å². The predicted octanol–water partition coefficient (Wildman–Crippen LogP) is 5.04. The SMILES string of the molecule is C=CCN(Cc1ccc(Cl)s1)C(=O)c1cc(Br)cnc1Cl. The maximum Gasteiger partial charge on any atom is 0.257 e. The number of rotatable bonds is 5. The number of thiophene rings is 1. The van der Waals surface area contributed by atoms with E-state index in [4.69, 9.17) is 23.2 Å². The molecule has 0 radical (unpaired) electrons. The van der Waals surface area contributed by atoms with Gasteiger partial charge < -0.3 is 4.90 Å². The lowest BCUT2D eigenvalue weighted by molar-refractivity contribution is 0.0764. The van der Waals surface area contributed by atoms with Crippen molar-refractivity contribution in [1.29, 1.82) is 0 Å². The largest absolute Gasteiger partial charge is 0.330 e. The lowest BCUT2D eigenvalue weighted by atomic mass is 10.2. The van der Waals surface area contributed by atoms with Crippen molar-refractivity contribution in [2.24, 2.45) is 0 Å². The van der Waals surface area contributed by atoms with Crippen LogP contribution in [0.25, 0.3) is 0 Å². The Bertz CT molecular complexity index is 675. The van der Waals surface area contributed by atoms with Crippen LogP contribution in [0.1, 0.15) is 15.2 Å². The van der Waals surface area contributed by atoms with Crippen molar-refractivity contribution < 1.29 is 4.79 Å². The van der Waals surface area contributed by atoms with Crippen LogP contribution in [0.4, 0.5) is 0 Å². The maximum absolute atomic E-state index is 12.6. The zero-order valence-corrected chi connectivity index (χ0v) is 14.8. The zero-order chi connectivity index (χ0) is 15.4. The summed E-state index contributed by atoms with van der Waals surface area (Å²) in [5, 5.41) is 0.182. The van der Waals surface area contributed by atoms with Crippen molar-refractivity contribution in [3.05, 3.63) is 61.5 Å². The van der Waals surface area contributed by atoms with Gasteiger partial charge in [0.25, 0.3) is 5.91 Å². The average molecular weight is 406 g/mol. The number of pyridine rings is 1. The molecule has 0 spiro atoms. The second-order valence-corrected chi connectivity index (χ2v) is 7.25. The molecular formula is C14H11BrCl2N2OS. The summed E-state index contributed by atoms with van der Waals surface area (Å²) < 4.78 is 1.39. The quantitative estimate of drug-likeness (QED) is 0.515. The molecule has 21 heavy (non-hydrogen) atoms. The van der Waals surface area contributed by atoms with Gasteiger partial charge in [-0.25, -0.2) is 4.98 Å². The summed E-state index contributed by atoms with van der Waals surface area (Å²) in [6.45, 7) is 4.55. The zero-order valence-electron chi connectivity index (χ0n) is 10.9. The van der Waals surface area contributed by atoms with E-state index in [0.717, 1.165) is 4.88 Å². The van der Waals surface area contributed by atoms with Crippen LogP contribution >= 0.6 is 50.5 Å². The van der Waals surface area contributed by atoms with Crippen LogP contribution in [0, 0.1) is 0 Å². The van der Waals surface area contributed by atoms with Crippen LogP contribution in [0.15, 0.2) is 41.5 Å². The van der Waals surface area contributed by atoms with Gasteiger partial charge in [-0.2, -0.15) is 0 Å². The van der Waals surface area contributed by atoms with Crippen molar-refractivity contribution in [3.63, 3.8) is 0 Å². The fourth-order valence-corrected chi connectivity index (χ4v) is 3.36. The van der Waals surface area contributed by atoms with E-state index in [-0.39, 0.29) is 11.1 Å². The molecule has 2 rings (SSSR count). The Kier molecular flexibility index (Phi) is 5.81. The number of carbonyl (C=O) groups is 1. The molecule has 0 N–H and O–H groups in total. The van der Waals surface area contributed by atoms with Gasteiger partial charge in [0.2, 0.25) is 0 Å². The Morgan fingerprint density at radius 3 is 2.86 bits per heavy atom. The van der Waals surface area contributed by atoms with Crippen LogP contribution in [0.2, 0.25) is 9.49 Å². The Balaban J connectivity index is 2.26. The molecule has 3 nitrogen and oxygen atoms in total. The van der Waals surface area contributed by atoms with Crippen molar-refractivity contribution in [2.45, 2.75) is 6.54 Å². The third-order valence-corrected chi connectivity index (χ3v) is 4.60. The molecule has 0 aliphatic carbocycles. The summed E-state index contributed by atoms with van der Waals surface area (Å²) >= 11 is 16.7. The minimum Gasteiger partial charge on any atom is -0.330 e. The van der Waals surface area contributed by atoms with Crippen molar-refractivity contribution in [2.75, 3.05) is 6.54 Å². The molecule has 0 unspecified atom stereocenters. The minimum absolute atomic E-state index is 0.182. The number of halogens is 3. The normalized spacial score (nSPS) is 10.4. The van der Waals surface area contributed by atoms with E-state index in [1.807, 2.05) is 12.1 Å². The fraction of sp³-hybridized carbons (Fsp3) is 0.143. The highest BCUT2D eigenvalue weighted by Gasteiger charge is 2.19. The minimum atomic E-state index is -0.196. The molecule has 2 aromatic heterocycles. The van der Waals surface area contributed by atoms with Crippen molar-refractivity contribution in [1.82, 2.24) is 9.88 Å². The Labute approximate surface area is 145 Å². The topological polar surface area (TPSA) is 33.2 Å². The summed E-state index contributed by atoms with van der Waals surface area (Å²) in [5.41, 5.74) is 0.357. The summed E-state index contributed by atoms with van der Waals surface area (Å²) in [5.74, 6) is -0.196. The molecule has 2 heterocycles. The standard InChI is InChI=1S/C14H11BrCl2N2OS/c1-2-5-19(8-10-3-4-12(16)21-10)14(20)11-6-9(15)7-18-13(11)17/h2-4,6-7H,1,5,8H2. The molecule has 0 fully saturated rings. The maximum atomic E-state index is 12.6. The van der Waals surface area contributed by atoms with Gasteiger partial charge in [0.05, 0.1) is 16.4 Å². The second kappa shape index (κ2) is 7.40. The van der Waals surface area contributed by atoms with E-state index in [1.165, 1.54) is 11.3 Å². The van der Waals surface area contributed by atoms with Crippen LogP contribution in [-0.4, -0.2) is 22.3 Å². The van der Waals surface area contributed by atoms with Crippen LogP contribution < -0.4 is 0 Å². The molecule has 0 bridgehead atoms. The van der Waals surface area contributed by atoms with Gasteiger partial charge >= 0.3 is 0 Å². The van der Waals surface area contributed by atoms with E-state index in [0.29, 0.717) is 27.5 Å². The van der Waals surface area contributed by atoms with Gasteiger partial charge in [-0.05, 0) is 34.1 Å². The van der Waals surface area contributed by atoms with E-state index in [2.05, 4.69) is 27.5 Å². The molecule has 0 aromatic carbocycles. The molecule has 0 aliphatic rings. The molecule has 0 saturated heterocycles. The number of hydrogen-bond donors (Lipinski definition) is 0. The molecule has 2 aromatic rings. The van der Waals surface area contributed by atoms with Gasteiger partial charge in [-0.1, -0.05) is 29.3 Å². The first-order chi connectivity index (χ1) is 10.0. The Morgan fingerprint density at radius 2 is 2.24 bits per heavy atom. The van der Waals surface area contributed by atoms with Crippen LogP contribution in [-0.2, 0) is 6.54 Å². The average Bonchev–Trinajstić information content (AvgIpc) is 2.86. The first-order valence-corrected chi connectivity index (χ1v) is 8.33. The summed E-state index contributed by atoms with van der Waals surface area (Å²) in [4.78, 5) is 19.2. The van der Waals surface area contributed by atoms with E-state index in [1.54, 1.807) is 23.2 Å². The molecule has 0 atom stereocenters. The molecule has 0 saturated carbocycles. The fourth-order valence-electron chi connectivity index (χ4n) is 1.74. The van der Waals surface area contributed by atoms with E-state index < -0.39 is 0 Å². The number of amides is 1. The number of nitrogens with zero attached hydrogens (tertiary/aromatic N) is 2. The predicted molar refractivity (Wildman–Crippen MR) is 91.2 cm³/mol. The molecule has 110 valence electrons. The highest BCUT2D eigenvalue weighted by molar-refractivity contribution is 9.10. The van der Waals surface area contributed by atoms with Crippen LogP contribution in [0.5, 0.6) is 0 Å². The number of hydrogen-bond acceptors (Lipinski definition) is 3. The first kappa shape index (κ1) is 16.5. The van der Waals surface area contributed by atoms with Gasteiger partial charge in [0.1, 0.15) is 5.15 Å². The van der Waals surface area contributed by atoms with Gasteiger partial charge in [0, 0.05) is 22.1 Å². The second-order valence-electron chi connectivity index (χ2n) is 4.17. The third-order valence-electron chi connectivity index (χ3n) is 2.65. The lowest BCUT2D eigenvalue weighted by Crippen LogP contribution is -2.30. The third kappa shape index (κ3) is 4.30.